The number of allylic oxidation sites excluding steroid dienone is 1. The monoisotopic (exact) mass is 464 g/mol. The number of hydrogen-bond donors (Lipinski definition) is 4. The maximum Gasteiger partial charge on any atom is 0.165 e. The summed E-state index contributed by atoms with van der Waals surface area (Å²) in [4.78, 5) is 13.9. The van der Waals surface area contributed by atoms with E-state index >= 15 is 0 Å². The van der Waals surface area contributed by atoms with Crippen molar-refractivity contribution in [1.29, 1.82) is 0 Å². The molecule has 0 aromatic rings. The predicted molar refractivity (Wildman–Crippen MR) is 130 cm³/mol. The Morgan fingerprint density at radius 1 is 1.15 bits per heavy atom. The molecule has 0 aromatic heterocycles. The number of hydrogen-bond acceptors (Lipinski definition) is 5. The third-order valence-electron chi connectivity index (χ3n) is 10.2. The van der Waals surface area contributed by atoms with Gasteiger partial charge in [0.2, 0.25) is 0 Å². The summed E-state index contributed by atoms with van der Waals surface area (Å²) >= 11 is 0. The molecule has 0 saturated heterocycles. The van der Waals surface area contributed by atoms with Gasteiger partial charge in [0.1, 0.15) is 0 Å². The van der Waals surface area contributed by atoms with Crippen LogP contribution in [0.4, 0.5) is 0 Å². The van der Waals surface area contributed by atoms with Crippen LogP contribution in [0, 0.1) is 40.4 Å². The van der Waals surface area contributed by atoms with Gasteiger partial charge in [0.25, 0.3) is 0 Å². The van der Waals surface area contributed by atoms with Crippen molar-refractivity contribution in [3.8, 4) is 0 Å². The highest BCUT2D eigenvalue weighted by atomic mass is 16.3. The Hall–Kier alpha value is -0.750. The van der Waals surface area contributed by atoms with Crippen LogP contribution in [-0.2, 0) is 4.79 Å². The molecule has 4 N–H and O–H groups in total. The maximum atomic E-state index is 13.9. The fourth-order valence-corrected chi connectivity index (χ4v) is 7.49. The molecule has 0 spiro atoms. The van der Waals surface area contributed by atoms with E-state index in [0.717, 1.165) is 19.3 Å². The van der Waals surface area contributed by atoms with Gasteiger partial charge in [-0.15, -0.1) is 0 Å². The normalized spacial score (nSPS) is 42.1. The van der Waals surface area contributed by atoms with Crippen LogP contribution in [0.1, 0.15) is 92.9 Å². The quantitative estimate of drug-likeness (QED) is 0.430. The van der Waals surface area contributed by atoms with E-state index < -0.39 is 28.6 Å². The Kier molecular flexibility index (Phi) is 7.90. The first-order valence-electron chi connectivity index (χ1n) is 13.2. The number of ketones is 1. The van der Waals surface area contributed by atoms with E-state index in [0.29, 0.717) is 49.5 Å². The summed E-state index contributed by atoms with van der Waals surface area (Å²) < 4.78 is 0. The van der Waals surface area contributed by atoms with Gasteiger partial charge < -0.3 is 20.4 Å². The largest absolute Gasteiger partial charge is 0.396 e. The number of Topliss-reactive ketones (excluding diaryl/α,β-unsaturated/α-hetero) is 1. The molecule has 3 aliphatic carbocycles. The van der Waals surface area contributed by atoms with Crippen LogP contribution in [-0.4, -0.2) is 50.6 Å². The third-order valence-corrected chi connectivity index (χ3v) is 10.2. The van der Waals surface area contributed by atoms with E-state index in [2.05, 4.69) is 27.7 Å². The number of fused-ring (bicyclic) bond motifs is 1. The first-order chi connectivity index (χ1) is 15.3. The predicted octanol–water partition coefficient (Wildman–Crippen LogP) is 4.26. The standard InChI is InChI=1S/C28H48O5/c1-17(2)18(3)9-12-28(6,33)24-8-7-21(26(24,4)13-14-29)20-16-23(31)22-15-19(30)10-11-27(22,5)25(20)32/h16-19,21-24,29-31,33H,7-15H2,1-6H3/t18?,19-,21-,22+,23-,24-,26-,27-,28-/m0/s1. The zero-order chi connectivity index (χ0) is 24.8. The van der Waals surface area contributed by atoms with Gasteiger partial charge in [-0.05, 0) is 99.0 Å². The van der Waals surface area contributed by atoms with Crippen molar-refractivity contribution < 1.29 is 25.2 Å². The third kappa shape index (κ3) is 4.85. The van der Waals surface area contributed by atoms with Gasteiger partial charge in [0.15, 0.2) is 5.78 Å². The molecule has 5 nitrogen and oxygen atoms in total. The summed E-state index contributed by atoms with van der Waals surface area (Å²) in [7, 11) is 0. The topological polar surface area (TPSA) is 98.0 Å². The number of carbonyl (C=O) groups excluding carboxylic acids is 1. The smallest absolute Gasteiger partial charge is 0.165 e. The van der Waals surface area contributed by atoms with Crippen LogP contribution in [0.2, 0.25) is 0 Å². The minimum Gasteiger partial charge on any atom is -0.396 e. The van der Waals surface area contributed by atoms with Gasteiger partial charge >= 0.3 is 0 Å². The van der Waals surface area contributed by atoms with Gasteiger partial charge in [-0.3, -0.25) is 4.79 Å². The number of aliphatic hydroxyl groups is 4. The van der Waals surface area contributed by atoms with Crippen molar-refractivity contribution in [3.63, 3.8) is 0 Å². The van der Waals surface area contributed by atoms with Crippen molar-refractivity contribution >= 4 is 5.78 Å². The van der Waals surface area contributed by atoms with Crippen LogP contribution in [0.3, 0.4) is 0 Å². The first kappa shape index (κ1) is 26.8. The lowest BCUT2D eigenvalue weighted by Gasteiger charge is -2.50. The lowest BCUT2D eigenvalue weighted by Crippen LogP contribution is -2.52. The van der Waals surface area contributed by atoms with Crippen molar-refractivity contribution in [2.45, 2.75) is 111 Å². The molecule has 5 heteroatoms. The minimum atomic E-state index is -0.875. The van der Waals surface area contributed by atoms with E-state index in [-0.39, 0.29) is 30.1 Å². The molecule has 190 valence electrons. The Labute approximate surface area is 200 Å². The van der Waals surface area contributed by atoms with Crippen LogP contribution < -0.4 is 0 Å². The molecule has 0 bridgehead atoms. The second-order valence-corrected chi connectivity index (χ2v) is 12.7. The maximum absolute atomic E-state index is 13.9. The van der Waals surface area contributed by atoms with Crippen molar-refractivity contribution in [1.82, 2.24) is 0 Å². The zero-order valence-corrected chi connectivity index (χ0v) is 21.7. The zero-order valence-electron chi connectivity index (χ0n) is 21.7. The fraction of sp³-hybridized carbons (Fsp3) is 0.893. The van der Waals surface area contributed by atoms with Crippen LogP contribution in [0.25, 0.3) is 0 Å². The Bertz CT molecular complexity index is 743. The molecular formula is C28H48O5. The van der Waals surface area contributed by atoms with Crippen LogP contribution in [0.15, 0.2) is 11.6 Å². The second-order valence-electron chi connectivity index (χ2n) is 12.7. The van der Waals surface area contributed by atoms with Gasteiger partial charge in [-0.1, -0.05) is 34.6 Å². The van der Waals surface area contributed by atoms with E-state index in [4.69, 9.17) is 0 Å². The molecule has 0 heterocycles. The summed E-state index contributed by atoms with van der Waals surface area (Å²) in [5.74, 6) is 0.831. The van der Waals surface area contributed by atoms with Gasteiger partial charge in [0.05, 0.1) is 17.8 Å². The highest BCUT2D eigenvalue weighted by Gasteiger charge is 2.58. The van der Waals surface area contributed by atoms with Crippen molar-refractivity contribution in [2.24, 2.45) is 40.4 Å². The average molecular weight is 465 g/mol. The summed E-state index contributed by atoms with van der Waals surface area (Å²) in [5, 5.41) is 42.8. The molecule has 0 aromatic carbocycles. The Balaban J connectivity index is 1.90. The second kappa shape index (κ2) is 9.72. The average Bonchev–Trinajstić information content (AvgIpc) is 3.08. The fourth-order valence-electron chi connectivity index (χ4n) is 7.49. The van der Waals surface area contributed by atoms with Crippen LogP contribution in [0.5, 0.6) is 0 Å². The molecular weight excluding hydrogens is 416 g/mol. The molecule has 9 atom stereocenters. The van der Waals surface area contributed by atoms with Gasteiger partial charge in [0, 0.05) is 17.9 Å². The van der Waals surface area contributed by atoms with E-state index in [9.17, 15) is 25.2 Å². The van der Waals surface area contributed by atoms with E-state index in [1.54, 1.807) is 6.08 Å². The number of carbonyl (C=O) groups is 1. The highest BCUT2D eigenvalue weighted by Crippen LogP contribution is 2.60. The summed E-state index contributed by atoms with van der Waals surface area (Å²) in [6, 6.07) is 0. The van der Waals surface area contributed by atoms with E-state index in [1.807, 2.05) is 13.8 Å². The minimum absolute atomic E-state index is 0.0120. The lowest BCUT2D eigenvalue weighted by atomic mass is 9.55. The summed E-state index contributed by atoms with van der Waals surface area (Å²) in [6.45, 7) is 12.7. The van der Waals surface area contributed by atoms with E-state index in [1.165, 1.54) is 0 Å². The molecule has 3 aliphatic rings. The number of aliphatic hydroxyl groups excluding tert-OH is 3. The Morgan fingerprint density at radius 3 is 2.42 bits per heavy atom. The Morgan fingerprint density at radius 2 is 1.82 bits per heavy atom. The number of rotatable bonds is 8. The lowest BCUT2D eigenvalue weighted by molar-refractivity contribution is -0.139. The van der Waals surface area contributed by atoms with Crippen molar-refractivity contribution in [3.05, 3.63) is 11.6 Å². The molecule has 2 fully saturated rings. The molecule has 3 rings (SSSR count). The molecule has 0 aliphatic heterocycles. The van der Waals surface area contributed by atoms with Gasteiger partial charge in [-0.25, -0.2) is 0 Å². The summed E-state index contributed by atoms with van der Waals surface area (Å²) in [5.41, 5.74) is -1.25. The molecule has 2 saturated carbocycles. The molecule has 33 heavy (non-hydrogen) atoms. The summed E-state index contributed by atoms with van der Waals surface area (Å²) in [6.07, 6.45) is 5.95. The molecule has 0 amide bonds. The molecule has 1 unspecified atom stereocenters. The molecule has 0 radical (unpaired) electrons. The van der Waals surface area contributed by atoms with Crippen molar-refractivity contribution in [2.75, 3.05) is 6.61 Å². The SMILES string of the molecule is CC(C)C(C)CC[C@](C)(O)[C@H]1CC[C@@H](C2=C[C@H](O)[C@H]3C[C@@H](O)CC[C@]3(C)C2=O)[C@]1(C)CCO. The van der Waals surface area contributed by atoms with Crippen LogP contribution >= 0.6 is 0 Å². The van der Waals surface area contributed by atoms with Gasteiger partial charge in [-0.2, -0.15) is 0 Å². The first-order valence-corrected chi connectivity index (χ1v) is 13.2. The highest BCUT2D eigenvalue weighted by molar-refractivity contribution is 6.01.